The largest absolute Gasteiger partial charge is 0.340 e. The number of carbonyl (C=O) groups excluding carboxylic acids is 1. The molecule has 0 saturated heterocycles. The molecule has 23 heavy (non-hydrogen) atoms. The Bertz CT molecular complexity index is 821. The summed E-state index contributed by atoms with van der Waals surface area (Å²) < 4.78 is 0. The molecule has 2 aromatic carbocycles. The lowest BCUT2D eigenvalue weighted by Gasteiger charge is -2.11. The molecule has 0 saturated carbocycles. The van der Waals surface area contributed by atoms with E-state index >= 15 is 0 Å². The molecular weight excluding hydrogens is 310 g/mol. The number of aromatic nitrogens is 1. The number of nitrogens with one attached hydrogen (secondary N) is 2. The lowest BCUT2D eigenvalue weighted by molar-refractivity contribution is 0.102. The molecule has 114 valence electrons. The smallest absolute Gasteiger partial charge is 0.259 e. The highest BCUT2D eigenvalue weighted by Gasteiger charge is 2.12. The van der Waals surface area contributed by atoms with Gasteiger partial charge in [-0.25, -0.2) is 4.98 Å². The van der Waals surface area contributed by atoms with E-state index in [1.807, 2.05) is 42.5 Å². The first-order valence-electron chi connectivity index (χ1n) is 7.06. The summed E-state index contributed by atoms with van der Waals surface area (Å²) in [6.45, 7) is 0. The molecule has 0 spiro atoms. The highest BCUT2D eigenvalue weighted by molar-refractivity contribution is 6.30. The molecule has 5 heteroatoms. The quantitative estimate of drug-likeness (QED) is 0.729. The molecule has 3 rings (SSSR count). The lowest BCUT2D eigenvalue weighted by atomic mass is 10.2. The van der Waals surface area contributed by atoms with Crippen LogP contribution in [0.25, 0.3) is 0 Å². The zero-order valence-corrected chi connectivity index (χ0v) is 12.9. The van der Waals surface area contributed by atoms with Crippen molar-refractivity contribution in [1.29, 1.82) is 0 Å². The number of hydrogen-bond donors (Lipinski definition) is 2. The lowest BCUT2D eigenvalue weighted by Crippen LogP contribution is -2.14. The standard InChI is InChI=1S/C18H14ClN3O/c19-13-6-4-9-15(12-13)21-17-16(10-5-11-20-17)18(23)22-14-7-2-1-3-8-14/h1-12H,(H,20,21)(H,22,23). The van der Waals surface area contributed by atoms with Crippen LogP contribution >= 0.6 is 11.6 Å². The van der Waals surface area contributed by atoms with Gasteiger partial charge in [0.25, 0.3) is 5.91 Å². The van der Waals surface area contributed by atoms with E-state index < -0.39 is 0 Å². The predicted octanol–water partition coefficient (Wildman–Crippen LogP) is 4.73. The maximum atomic E-state index is 12.5. The number of carbonyl (C=O) groups is 1. The van der Waals surface area contributed by atoms with Crippen LogP contribution in [0.5, 0.6) is 0 Å². The van der Waals surface area contributed by atoms with Crippen molar-refractivity contribution in [3.05, 3.63) is 83.5 Å². The fraction of sp³-hybridized carbons (Fsp3) is 0. The molecule has 0 aliphatic carbocycles. The summed E-state index contributed by atoms with van der Waals surface area (Å²) >= 11 is 5.98. The number of benzene rings is 2. The summed E-state index contributed by atoms with van der Waals surface area (Å²) in [5.74, 6) is 0.247. The first kappa shape index (κ1) is 15.1. The van der Waals surface area contributed by atoms with Gasteiger partial charge in [-0.1, -0.05) is 35.9 Å². The van der Waals surface area contributed by atoms with E-state index in [1.54, 1.807) is 30.5 Å². The molecule has 1 amide bonds. The second-order valence-electron chi connectivity index (χ2n) is 4.86. The molecule has 4 nitrogen and oxygen atoms in total. The zero-order chi connectivity index (χ0) is 16.1. The molecule has 1 aromatic heterocycles. The summed E-state index contributed by atoms with van der Waals surface area (Å²) in [6, 6.07) is 20.0. The second kappa shape index (κ2) is 6.94. The molecular formula is C18H14ClN3O. The van der Waals surface area contributed by atoms with E-state index in [0.717, 1.165) is 11.4 Å². The highest BCUT2D eigenvalue weighted by atomic mass is 35.5. The highest BCUT2D eigenvalue weighted by Crippen LogP contribution is 2.22. The number of pyridine rings is 1. The van der Waals surface area contributed by atoms with E-state index in [4.69, 9.17) is 11.6 Å². The van der Waals surface area contributed by atoms with Gasteiger partial charge >= 0.3 is 0 Å². The molecule has 0 bridgehead atoms. The Morgan fingerprint density at radius 3 is 2.48 bits per heavy atom. The number of anilines is 3. The van der Waals surface area contributed by atoms with Crippen molar-refractivity contribution in [3.8, 4) is 0 Å². The van der Waals surface area contributed by atoms with Crippen molar-refractivity contribution >= 4 is 34.7 Å². The Hall–Kier alpha value is -2.85. The zero-order valence-electron chi connectivity index (χ0n) is 12.2. The molecule has 2 N–H and O–H groups in total. The monoisotopic (exact) mass is 323 g/mol. The van der Waals surface area contributed by atoms with Gasteiger partial charge in [0.05, 0.1) is 5.56 Å². The third-order valence-corrected chi connectivity index (χ3v) is 3.41. The number of nitrogens with zero attached hydrogens (tertiary/aromatic N) is 1. The van der Waals surface area contributed by atoms with Crippen molar-refractivity contribution in [2.45, 2.75) is 0 Å². The van der Waals surface area contributed by atoms with E-state index in [9.17, 15) is 4.79 Å². The van der Waals surface area contributed by atoms with E-state index in [-0.39, 0.29) is 5.91 Å². The average molecular weight is 324 g/mol. The number of hydrogen-bond acceptors (Lipinski definition) is 3. The van der Waals surface area contributed by atoms with Gasteiger partial charge in [-0.2, -0.15) is 0 Å². The molecule has 3 aromatic rings. The van der Waals surface area contributed by atoms with Crippen molar-refractivity contribution in [2.75, 3.05) is 10.6 Å². The van der Waals surface area contributed by atoms with Gasteiger partial charge < -0.3 is 10.6 Å². The molecule has 0 atom stereocenters. The van der Waals surface area contributed by atoms with Crippen molar-refractivity contribution in [1.82, 2.24) is 4.98 Å². The normalized spacial score (nSPS) is 10.1. The first-order chi connectivity index (χ1) is 11.2. The first-order valence-corrected chi connectivity index (χ1v) is 7.44. The topological polar surface area (TPSA) is 54.0 Å². The summed E-state index contributed by atoms with van der Waals surface area (Å²) in [5.41, 5.74) is 1.95. The molecule has 0 aliphatic rings. The maximum absolute atomic E-state index is 12.5. The number of amides is 1. The third-order valence-electron chi connectivity index (χ3n) is 3.17. The van der Waals surface area contributed by atoms with Gasteiger partial charge in [0.1, 0.15) is 5.82 Å². The van der Waals surface area contributed by atoms with E-state index in [2.05, 4.69) is 15.6 Å². The van der Waals surface area contributed by atoms with Gasteiger partial charge in [0.2, 0.25) is 0 Å². The molecule has 0 radical (unpaired) electrons. The summed E-state index contributed by atoms with van der Waals surface area (Å²) in [5, 5.41) is 6.59. The van der Waals surface area contributed by atoms with Gasteiger partial charge in [-0.15, -0.1) is 0 Å². The van der Waals surface area contributed by atoms with Crippen molar-refractivity contribution in [3.63, 3.8) is 0 Å². The molecule has 0 fully saturated rings. The Labute approximate surface area is 139 Å². The Kier molecular flexibility index (Phi) is 4.54. The molecule has 0 unspecified atom stereocenters. The van der Waals surface area contributed by atoms with Gasteiger partial charge in [0.15, 0.2) is 0 Å². The Morgan fingerprint density at radius 2 is 1.70 bits per heavy atom. The van der Waals surface area contributed by atoms with E-state index in [1.165, 1.54) is 0 Å². The number of halogens is 1. The van der Waals surface area contributed by atoms with Crippen LogP contribution in [0.1, 0.15) is 10.4 Å². The maximum Gasteiger partial charge on any atom is 0.259 e. The van der Waals surface area contributed by atoms with Crippen LogP contribution in [0.15, 0.2) is 72.9 Å². The van der Waals surface area contributed by atoms with Crippen LogP contribution in [0.4, 0.5) is 17.2 Å². The van der Waals surface area contributed by atoms with Crippen LogP contribution in [-0.2, 0) is 0 Å². The van der Waals surface area contributed by atoms with Crippen molar-refractivity contribution in [2.24, 2.45) is 0 Å². The van der Waals surface area contributed by atoms with Gasteiger partial charge in [-0.05, 0) is 42.5 Å². The summed E-state index contributed by atoms with van der Waals surface area (Å²) in [6.07, 6.45) is 1.63. The van der Waals surface area contributed by atoms with Gasteiger partial charge in [-0.3, -0.25) is 4.79 Å². The second-order valence-corrected chi connectivity index (χ2v) is 5.29. The number of para-hydroxylation sites is 1. The van der Waals surface area contributed by atoms with Crippen LogP contribution in [0.3, 0.4) is 0 Å². The predicted molar refractivity (Wildman–Crippen MR) is 93.4 cm³/mol. The Morgan fingerprint density at radius 1 is 0.913 bits per heavy atom. The fourth-order valence-electron chi connectivity index (χ4n) is 2.11. The molecule has 0 aliphatic heterocycles. The molecule has 1 heterocycles. The fourth-order valence-corrected chi connectivity index (χ4v) is 2.30. The SMILES string of the molecule is O=C(Nc1ccccc1)c1cccnc1Nc1cccc(Cl)c1. The average Bonchev–Trinajstić information content (AvgIpc) is 2.56. The van der Waals surface area contributed by atoms with Gasteiger partial charge in [0, 0.05) is 22.6 Å². The minimum atomic E-state index is -0.228. The van der Waals surface area contributed by atoms with Crippen LogP contribution in [-0.4, -0.2) is 10.9 Å². The van der Waals surface area contributed by atoms with Crippen LogP contribution < -0.4 is 10.6 Å². The third kappa shape index (κ3) is 3.87. The van der Waals surface area contributed by atoms with Crippen molar-refractivity contribution < 1.29 is 4.79 Å². The number of rotatable bonds is 4. The van der Waals surface area contributed by atoms with E-state index in [0.29, 0.717) is 16.4 Å². The summed E-state index contributed by atoms with van der Waals surface area (Å²) in [4.78, 5) is 16.7. The minimum absolute atomic E-state index is 0.228. The minimum Gasteiger partial charge on any atom is -0.340 e. The van der Waals surface area contributed by atoms with Crippen LogP contribution in [0.2, 0.25) is 5.02 Å². The van der Waals surface area contributed by atoms with Crippen LogP contribution in [0, 0.1) is 0 Å². The summed E-state index contributed by atoms with van der Waals surface area (Å²) in [7, 11) is 0. The Balaban J connectivity index is 1.84.